The quantitative estimate of drug-likeness (QED) is 0.336. The van der Waals surface area contributed by atoms with Crippen LogP contribution in [-0.2, 0) is 11.0 Å². The van der Waals surface area contributed by atoms with Crippen molar-refractivity contribution in [2.75, 3.05) is 11.6 Å². The van der Waals surface area contributed by atoms with Crippen LogP contribution in [0.4, 0.5) is 18.9 Å². The zero-order valence-corrected chi connectivity index (χ0v) is 18.7. The molecule has 0 atom stereocenters. The highest BCUT2D eigenvalue weighted by Gasteiger charge is 2.30. The third-order valence-electron chi connectivity index (χ3n) is 4.68. The number of halogens is 3. The molecule has 3 aromatic carbocycles. The molecule has 33 heavy (non-hydrogen) atoms. The minimum atomic E-state index is -4.54. The summed E-state index contributed by atoms with van der Waals surface area (Å²) < 4.78 is 39.1. The summed E-state index contributed by atoms with van der Waals surface area (Å²) in [5.41, 5.74) is 0.931. The monoisotopic (exact) mass is 470 g/mol. The molecular formula is C25H21F3N2O2S. The summed E-state index contributed by atoms with van der Waals surface area (Å²) in [6.07, 6.45) is -1.14. The standard InChI is InChI=1S/C25H21F3N2O2S/c1-16-6-10-18(11-7-16)23(31)30-22(14-17-8-12-21(33-2)13-9-17)24(32)29-20-5-3-4-19(15-20)25(26,27)28/h3-15H,1-2H3,(H,29,32)(H,30,31). The Labute approximate surface area is 193 Å². The molecule has 0 saturated carbocycles. The Hall–Kier alpha value is -3.52. The van der Waals surface area contributed by atoms with Crippen LogP contribution >= 0.6 is 11.8 Å². The number of benzene rings is 3. The SMILES string of the molecule is CSc1ccc(C=C(NC(=O)c2ccc(C)cc2)C(=O)Nc2cccc(C(F)(F)F)c2)cc1. The predicted octanol–water partition coefficient (Wildman–Crippen LogP) is 6.15. The summed E-state index contributed by atoms with van der Waals surface area (Å²) in [6, 6.07) is 18.4. The smallest absolute Gasteiger partial charge is 0.321 e. The van der Waals surface area contributed by atoms with Crippen molar-refractivity contribution in [3.8, 4) is 0 Å². The largest absolute Gasteiger partial charge is 0.416 e. The van der Waals surface area contributed by atoms with E-state index in [-0.39, 0.29) is 11.4 Å². The van der Waals surface area contributed by atoms with E-state index < -0.39 is 23.6 Å². The van der Waals surface area contributed by atoms with Gasteiger partial charge in [0.1, 0.15) is 5.70 Å². The van der Waals surface area contributed by atoms with E-state index in [1.165, 1.54) is 18.2 Å². The fourth-order valence-corrected chi connectivity index (χ4v) is 3.30. The van der Waals surface area contributed by atoms with E-state index >= 15 is 0 Å². The van der Waals surface area contributed by atoms with Gasteiger partial charge in [-0.1, -0.05) is 35.9 Å². The Balaban J connectivity index is 1.90. The molecule has 0 aliphatic carbocycles. The molecule has 4 nitrogen and oxygen atoms in total. The van der Waals surface area contributed by atoms with Gasteiger partial charge in [0.25, 0.3) is 11.8 Å². The molecule has 0 unspecified atom stereocenters. The topological polar surface area (TPSA) is 58.2 Å². The van der Waals surface area contributed by atoms with Crippen molar-refractivity contribution in [1.29, 1.82) is 0 Å². The molecule has 2 amide bonds. The Morgan fingerprint density at radius 1 is 0.939 bits per heavy atom. The molecule has 0 aromatic heterocycles. The van der Waals surface area contributed by atoms with Gasteiger partial charge in [-0.05, 0) is 67.3 Å². The second-order valence-electron chi connectivity index (χ2n) is 7.18. The number of nitrogens with one attached hydrogen (secondary N) is 2. The van der Waals surface area contributed by atoms with Gasteiger partial charge >= 0.3 is 6.18 Å². The van der Waals surface area contributed by atoms with Crippen LogP contribution in [0.3, 0.4) is 0 Å². The van der Waals surface area contributed by atoms with Gasteiger partial charge in [-0.25, -0.2) is 0 Å². The summed E-state index contributed by atoms with van der Waals surface area (Å²) in [5.74, 6) is -1.26. The van der Waals surface area contributed by atoms with Crippen LogP contribution in [0.15, 0.2) is 83.4 Å². The van der Waals surface area contributed by atoms with Crippen LogP contribution in [0.25, 0.3) is 6.08 Å². The summed E-state index contributed by atoms with van der Waals surface area (Å²) in [7, 11) is 0. The fraction of sp³-hybridized carbons (Fsp3) is 0.120. The lowest BCUT2D eigenvalue weighted by Crippen LogP contribution is -2.30. The van der Waals surface area contributed by atoms with Crippen LogP contribution in [0.5, 0.6) is 0 Å². The number of carbonyl (C=O) groups excluding carboxylic acids is 2. The first kappa shape index (κ1) is 24.1. The van der Waals surface area contributed by atoms with E-state index in [1.807, 2.05) is 25.3 Å². The van der Waals surface area contributed by atoms with Gasteiger partial charge in [0.2, 0.25) is 0 Å². The summed E-state index contributed by atoms with van der Waals surface area (Å²) in [6.45, 7) is 1.88. The first-order chi connectivity index (χ1) is 15.7. The minimum Gasteiger partial charge on any atom is -0.321 e. The van der Waals surface area contributed by atoms with E-state index in [4.69, 9.17) is 0 Å². The van der Waals surface area contributed by atoms with E-state index in [0.717, 1.165) is 22.6 Å². The maximum atomic E-state index is 13.0. The predicted molar refractivity (Wildman–Crippen MR) is 125 cm³/mol. The van der Waals surface area contributed by atoms with Crippen molar-refractivity contribution in [1.82, 2.24) is 5.32 Å². The summed E-state index contributed by atoms with van der Waals surface area (Å²) in [5, 5.41) is 5.01. The molecule has 0 radical (unpaired) electrons. The molecule has 170 valence electrons. The number of rotatable bonds is 6. The number of carbonyl (C=O) groups is 2. The summed E-state index contributed by atoms with van der Waals surface area (Å²) in [4.78, 5) is 26.7. The lowest BCUT2D eigenvalue weighted by atomic mass is 10.1. The number of anilines is 1. The molecule has 0 fully saturated rings. The van der Waals surface area contributed by atoms with E-state index in [1.54, 1.807) is 48.2 Å². The molecule has 0 heterocycles. The minimum absolute atomic E-state index is 0.0389. The lowest BCUT2D eigenvalue weighted by Gasteiger charge is -2.13. The van der Waals surface area contributed by atoms with Gasteiger partial charge in [-0.3, -0.25) is 9.59 Å². The van der Waals surface area contributed by atoms with Crippen molar-refractivity contribution in [3.05, 3.63) is 101 Å². The number of aryl methyl sites for hydroxylation is 1. The highest BCUT2D eigenvalue weighted by Crippen LogP contribution is 2.30. The second-order valence-corrected chi connectivity index (χ2v) is 8.06. The number of thioether (sulfide) groups is 1. The molecule has 2 N–H and O–H groups in total. The van der Waals surface area contributed by atoms with Gasteiger partial charge in [0, 0.05) is 16.1 Å². The average molecular weight is 471 g/mol. The van der Waals surface area contributed by atoms with Crippen molar-refractivity contribution in [2.45, 2.75) is 18.0 Å². The molecule has 0 aliphatic rings. The Bertz CT molecular complexity index is 1170. The molecule has 3 rings (SSSR count). The fourth-order valence-electron chi connectivity index (χ4n) is 2.90. The molecule has 0 aliphatic heterocycles. The highest BCUT2D eigenvalue weighted by atomic mass is 32.2. The van der Waals surface area contributed by atoms with Crippen molar-refractivity contribution in [3.63, 3.8) is 0 Å². The molecule has 0 spiro atoms. The second kappa shape index (κ2) is 10.4. The first-order valence-electron chi connectivity index (χ1n) is 9.88. The maximum Gasteiger partial charge on any atom is 0.416 e. The van der Waals surface area contributed by atoms with Crippen molar-refractivity contribution in [2.24, 2.45) is 0 Å². The highest BCUT2D eigenvalue weighted by molar-refractivity contribution is 7.98. The molecule has 8 heteroatoms. The van der Waals surface area contributed by atoms with E-state index in [0.29, 0.717) is 11.1 Å². The Kier molecular flexibility index (Phi) is 7.60. The first-order valence-corrected chi connectivity index (χ1v) is 11.1. The van der Waals surface area contributed by atoms with Gasteiger partial charge in [0.05, 0.1) is 5.56 Å². The number of amides is 2. The lowest BCUT2D eigenvalue weighted by molar-refractivity contribution is -0.137. The maximum absolute atomic E-state index is 13.0. The van der Waals surface area contributed by atoms with Gasteiger partial charge < -0.3 is 10.6 Å². The summed E-state index contributed by atoms with van der Waals surface area (Å²) >= 11 is 1.56. The third-order valence-corrected chi connectivity index (χ3v) is 5.42. The van der Waals surface area contributed by atoms with Crippen LogP contribution in [0.1, 0.15) is 27.0 Å². The van der Waals surface area contributed by atoms with E-state index in [2.05, 4.69) is 10.6 Å². The van der Waals surface area contributed by atoms with Crippen LogP contribution in [-0.4, -0.2) is 18.1 Å². The average Bonchev–Trinajstić information content (AvgIpc) is 2.79. The van der Waals surface area contributed by atoms with Crippen LogP contribution < -0.4 is 10.6 Å². The number of hydrogen-bond donors (Lipinski definition) is 2. The van der Waals surface area contributed by atoms with Crippen LogP contribution in [0.2, 0.25) is 0 Å². The van der Waals surface area contributed by atoms with Gasteiger partial charge in [0.15, 0.2) is 0 Å². The zero-order chi connectivity index (χ0) is 24.0. The van der Waals surface area contributed by atoms with E-state index in [9.17, 15) is 22.8 Å². The van der Waals surface area contributed by atoms with Crippen LogP contribution in [0, 0.1) is 6.92 Å². The normalized spacial score (nSPS) is 11.7. The number of hydrogen-bond acceptors (Lipinski definition) is 3. The van der Waals surface area contributed by atoms with Gasteiger partial charge in [-0.15, -0.1) is 11.8 Å². The molecule has 3 aromatic rings. The molecule has 0 saturated heterocycles. The Morgan fingerprint density at radius 2 is 1.61 bits per heavy atom. The van der Waals surface area contributed by atoms with Crippen molar-refractivity contribution < 1.29 is 22.8 Å². The molecular weight excluding hydrogens is 449 g/mol. The van der Waals surface area contributed by atoms with Crippen molar-refractivity contribution >= 4 is 35.3 Å². The Morgan fingerprint density at radius 3 is 2.21 bits per heavy atom. The molecule has 0 bridgehead atoms. The third kappa shape index (κ3) is 6.73. The van der Waals surface area contributed by atoms with Gasteiger partial charge in [-0.2, -0.15) is 13.2 Å². The zero-order valence-electron chi connectivity index (χ0n) is 17.9. The number of alkyl halides is 3.